The first-order valence-corrected chi connectivity index (χ1v) is 7.62. The summed E-state index contributed by atoms with van der Waals surface area (Å²) in [6.45, 7) is 12.9. The largest absolute Gasteiger partial charge is 0.463 e. The summed E-state index contributed by atoms with van der Waals surface area (Å²) in [5.74, 6) is 2.92. The Balaban J connectivity index is 1.89. The van der Waals surface area contributed by atoms with Crippen LogP contribution in [0.25, 0.3) is 0 Å². The normalized spacial score (nSPS) is 15.7. The van der Waals surface area contributed by atoms with Gasteiger partial charge in [-0.2, -0.15) is 0 Å². The lowest BCUT2D eigenvalue weighted by Crippen LogP contribution is -2.26. The summed E-state index contributed by atoms with van der Waals surface area (Å²) in [6.07, 6.45) is 2.65. The molecule has 1 aromatic rings. The Hall–Kier alpha value is -0.800. The van der Waals surface area contributed by atoms with Gasteiger partial charge in [0.05, 0.1) is 13.1 Å². The van der Waals surface area contributed by atoms with Crippen LogP contribution in [0.1, 0.15) is 50.7 Å². The SMILES string of the molecule is CCN(Cc1cc(C)c(CNC2CC2)o1)CC(C)C. The van der Waals surface area contributed by atoms with E-state index in [2.05, 4.69) is 44.0 Å². The number of nitrogens with one attached hydrogen (secondary N) is 1. The molecule has 1 aliphatic rings. The third kappa shape index (κ3) is 4.66. The summed E-state index contributed by atoms with van der Waals surface area (Å²) in [5, 5.41) is 3.52. The molecule has 1 N–H and O–H groups in total. The molecule has 0 spiro atoms. The molecular formula is C16H28N2O. The van der Waals surface area contributed by atoms with Crippen molar-refractivity contribution < 1.29 is 4.42 Å². The molecule has 1 heterocycles. The van der Waals surface area contributed by atoms with Crippen molar-refractivity contribution in [1.82, 2.24) is 10.2 Å². The second-order valence-corrected chi connectivity index (χ2v) is 6.20. The molecule has 3 nitrogen and oxygen atoms in total. The highest BCUT2D eigenvalue weighted by atomic mass is 16.3. The molecule has 2 rings (SSSR count). The standard InChI is InChI=1S/C16H28N2O/c1-5-18(10-12(2)3)11-15-8-13(4)16(19-15)9-17-14-6-7-14/h8,12,14,17H,5-7,9-11H2,1-4H3. The van der Waals surface area contributed by atoms with E-state index < -0.39 is 0 Å². The first-order chi connectivity index (χ1) is 9.08. The zero-order valence-corrected chi connectivity index (χ0v) is 12.8. The van der Waals surface area contributed by atoms with E-state index in [1.165, 1.54) is 18.4 Å². The monoisotopic (exact) mass is 264 g/mol. The molecule has 1 fully saturated rings. The average Bonchev–Trinajstić information content (AvgIpc) is 3.10. The maximum absolute atomic E-state index is 6.00. The second kappa shape index (κ2) is 6.58. The Kier molecular flexibility index (Phi) is 5.06. The molecule has 0 saturated heterocycles. The van der Waals surface area contributed by atoms with Crippen molar-refractivity contribution >= 4 is 0 Å². The van der Waals surface area contributed by atoms with E-state index in [0.717, 1.165) is 43.7 Å². The van der Waals surface area contributed by atoms with Gasteiger partial charge in [-0.15, -0.1) is 0 Å². The lowest BCUT2D eigenvalue weighted by Gasteiger charge is -2.21. The zero-order chi connectivity index (χ0) is 13.8. The van der Waals surface area contributed by atoms with Crippen LogP contribution in [0.2, 0.25) is 0 Å². The average molecular weight is 264 g/mol. The van der Waals surface area contributed by atoms with Crippen LogP contribution in [-0.2, 0) is 13.1 Å². The molecule has 0 aromatic carbocycles. The maximum Gasteiger partial charge on any atom is 0.120 e. The molecule has 19 heavy (non-hydrogen) atoms. The van der Waals surface area contributed by atoms with Crippen molar-refractivity contribution in [3.05, 3.63) is 23.2 Å². The lowest BCUT2D eigenvalue weighted by molar-refractivity contribution is 0.227. The summed E-state index contributed by atoms with van der Waals surface area (Å²) in [4.78, 5) is 2.45. The van der Waals surface area contributed by atoms with Gasteiger partial charge in [-0.1, -0.05) is 20.8 Å². The molecule has 0 unspecified atom stereocenters. The number of aryl methyl sites for hydroxylation is 1. The number of rotatable bonds is 8. The Bertz CT molecular complexity index is 393. The Morgan fingerprint density at radius 1 is 1.42 bits per heavy atom. The molecule has 0 atom stereocenters. The van der Waals surface area contributed by atoms with Gasteiger partial charge in [-0.25, -0.2) is 0 Å². The minimum atomic E-state index is 0.701. The van der Waals surface area contributed by atoms with E-state index in [4.69, 9.17) is 4.42 Å². The van der Waals surface area contributed by atoms with Crippen molar-refractivity contribution in [2.45, 2.75) is 59.7 Å². The van der Waals surface area contributed by atoms with Crippen LogP contribution in [0, 0.1) is 12.8 Å². The summed E-state index contributed by atoms with van der Waals surface area (Å²) in [7, 11) is 0. The molecule has 1 saturated carbocycles. The minimum Gasteiger partial charge on any atom is -0.463 e. The van der Waals surface area contributed by atoms with E-state index in [-0.39, 0.29) is 0 Å². The third-order valence-electron chi connectivity index (χ3n) is 3.65. The zero-order valence-electron chi connectivity index (χ0n) is 12.8. The molecule has 108 valence electrons. The number of nitrogens with zero attached hydrogens (tertiary/aromatic N) is 1. The van der Waals surface area contributed by atoms with Crippen molar-refractivity contribution in [2.75, 3.05) is 13.1 Å². The number of hydrogen-bond donors (Lipinski definition) is 1. The lowest BCUT2D eigenvalue weighted by atomic mass is 10.2. The first-order valence-electron chi connectivity index (χ1n) is 7.62. The molecule has 0 amide bonds. The van der Waals surface area contributed by atoms with Crippen LogP contribution in [0.15, 0.2) is 10.5 Å². The van der Waals surface area contributed by atoms with Crippen molar-refractivity contribution in [3.8, 4) is 0 Å². The highest BCUT2D eigenvalue weighted by Gasteiger charge is 2.21. The summed E-state index contributed by atoms with van der Waals surface area (Å²) in [5.41, 5.74) is 1.28. The fraction of sp³-hybridized carbons (Fsp3) is 0.750. The number of hydrogen-bond acceptors (Lipinski definition) is 3. The molecular weight excluding hydrogens is 236 g/mol. The molecule has 0 radical (unpaired) electrons. The number of furan rings is 1. The summed E-state index contributed by atoms with van der Waals surface area (Å²) in [6, 6.07) is 2.94. The first kappa shape index (κ1) is 14.6. The van der Waals surface area contributed by atoms with Crippen LogP contribution in [0.5, 0.6) is 0 Å². The molecule has 3 heteroatoms. The quantitative estimate of drug-likeness (QED) is 0.781. The van der Waals surface area contributed by atoms with E-state index in [1.807, 2.05) is 0 Å². The Labute approximate surface area is 117 Å². The predicted octanol–water partition coefficient (Wildman–Crippen LogP) is 3.32. The third-order valence-corrected chi connectivity index (χ3v) is 3.65. The maximum atomic E-state index is 6.00. The van der Waals surface area contributed by atoms with Gasteiger partial charge in [-0.3, -0.25) is 4.90 Å². The summed E-state index contributed by atoms with van der Waals surface area (Å²) < 4.78 is 6.00. The van der Waals surface area contributed by atoms with Crippen LogP contribution < -0.4 is 5.32 Å². The molecule has 0 aliphatic heterocycles. The van der Waals surface area contributed by atoms with Gasteiger partial charge in [0.25, 0.3) is 0 Å². The van der Waals surface area contributed by atoms with Crippen molar-refractivity contribution in [3.63, 3.8) is 0 Å². The Morgan fingerprint density at radius 3 is 2.74 bits per heavy atom. The van der Waals surface area contributed by atoms with Crippen LogP contribution in [0.3, 0.4) is 0 Å². The van der Waals surface area contributed by atoms with E-state index in [0.29, 0.717) is 5.92 Å². The Morgan fingerprint density at radius 2 is 2.16 bits per heavy atom. The van der Waals surface area contributed by atoms with Gasteiger partial charge < -0.3 is 9.73 Å². The highest BCUT2D eigenvalue weighted by molar-refractivity contribution is 5.20. The topological polar surface area (TPSA) is 28.4 Å². The van der Waals surface area contributed by atoms with Gasteiger partial charge in [0, 0.05) is 12.6 Å². The smallest absolute Gasteiger partial charge is 0.120 e. The van der Waals surface area contributed by atoms with Crippen LogP contribution >= 0.6 is 0 Å². The predicted molar refractivity (Wildman–Crippen MR) is 79.1 cm³/mol. The van der Waals surface area contributed by atoms with Gasteiger partial charge in [-0.05, 0) is 43.9 Å². The fourth-order valence-corrected chi connectivity index (χ4v) is 2.41. The summed E-state index contributed by atoms with van der Waals surface area (Å²) >= 11 is 0. The van der Waals surface area contributed by atoms with Crippen LogP contribution in [0.4, 0.5) is 0 Å². The second-order valence-electron chi connectivity index (χ2n) is 6.20. The van der Waals surface area contributed by atoms with E-state index in [1.54, 1.807) is 0 Å². The van der Waals surface area contributed by atoms with Crippen molar-refractivity contribution in [2.24, 2.45) is 5.92 Å². The van der Waals surface area contributed by atoms with Crippen LogP contribution in [-0.4, -0.2) is 24.0 Å². The molecule has 0 bridgehead atoms. The van der Waals surface area contributed by atoms with Gasteiger partial charge in [0.2, 0.25) is 0 Å². The van der Waals surface area contributed by atoms with E-state index >= 15 is 0 Å². The molecule has 1 aliphatic carbocycles. The van der Waals surface area contributed by atoms with Gasteiger partial charge >= 0.3 is 0 Å². The van der Waals surface area contributed by atoms with E-state index in [9.17, 15) is 0 Å². The molecule has 1 aromatic heterocycles. The van der Waals surface area contributed by atoms with Gasteiger partial charge in [0.15, 0.2) is 0 Å². The highest BCUT2D eigenvalue weighted by Crippen LogP contribution is 2.21. The minimum absolute atomic E-state index is 0.701. The van der Waals surface area contributed by atoms with Crippen molar-refractivity contribution in [1.29, 1.82) is 0 Å². The fourth-order valence-electron chi connectivity index (χ4n) is 2.41. The van der Waals surface area contributed by atoms with Gasteiger partial charge in [0.1, 0.15) is 11.5 Å².